The van der Waals surface area contributed by atoms with E-state index < -0.39 is 6.04 Å². The zero-order valence-corrected chi connectivity index (χ0v) is 12.0. The largest absolute Gasteiger partial charge is 0.324 e. The Kier molecular flexibility index (Phi) is 5.15. The van der Waals surface area contributed by atoms with Gasteiger partial charge in [-0.15, -0.1) is 0 Å². The molecular weight excluding hydrogens is 280 g/mol. The van der Waals surface area contributed by atoms with Crippen LogP contribution in [0.5, 0.6) is 0 Å². The third-order valence-corrected chi connectivity index (χ3v) is 3.01. The maximum Gasteiger partial charge on any atom is 0.241 e. The summed E-state index contributed by atoms with van der Waals surface area (Å²) in [7, 11) is 0. The molecule has 0 radical (unpaired) electrons. The zero-order valence-electron chi connectivity index (χ0n) is 10.5. The lowest BCUT2D eigenvalue weighted by atomic mass is 10.0. The topological polar surface area (TPSA) is 55.1 Å². The average Bonchev–Trinajstić information content (AvgIpc) is 2.22. The highest BCUT2D eigenvalue weighted by Crippen LogP contribution is 2.21. The second kappa shape index (κ2) is 6.17. The number of amides is 1. The van der Waals surface area contributed by atoms with Crippen LogP contribution < -0.4 is 11.1 Å². The number of rotatable bonds is 4. The summed E-state index contributed by atoms with van der Waals surface area (Å²) >= 11 is 3.38. The first-order chi connectivity index (χ1) is 7.90. The molecule has 0 aromatic heterocycles. The first-order valence-corrected chi connectivity index (χ1v) is 6.52. The number of hydrogen-bond acceptors (Lipinski definition) is 2. The minimum atomic E-state index is -0.451. The van der Waals surface area contributed by atoms with Gasteiger partial charge < -0.3 is 11.1 Å². The Morgan fingerprint density at radius 1 is 1.47 bits per heavy atom. The van der Waals surface area contributed by atoms with Crippen molar-refractivity contribution in [3.05, 3.63) is 28.2 Å². The van der Waals surface area contributed by atoms with E-state index in [1.165, 1.54) is 0 Å². The molecule has 17 heavy (non-hydrogen) atoms. The van der Waals surface area contributed by atoms with Crippen LogP contribution in [0.2, 0.25) is 0 Å². The Morgan fingerprint density at radius 3 is 2.71 bits per heavy atom. The molecule has 0 heterocycles. The van der Waals surface area contributed by atoms with Crippen LogP contribution >= 0.6 is 15.9 Å². The van der Waals surface area contributed by atoms with Crippen molar-refractivity contribution in [2.75, 3.05) is 5.32 Å². The summed E-state index contributed by atoms with van der Waals surface area (Å²) in [6, 6.07) is 5.33. The third kappa shape index (κ3) is 4.48. The van der Waals surface area contributed by atoms with Crippen molar-refractivity contribution in [2.45, 2.75) is 33.2 Å². The molecule has 0 saturated heterocycles. The number of anilines is 1. The summed E-state index contributed by atoms with van der Waals surface area (Å²) in [5.74, 6) is 0.291. The monoisotopic (exact) mass is 298 g/mol. The Morgan fingerprint density at radius 2 is 2.12 bits per heavy atom. The van der Waals surface area contributed by atoms with Crippen LogP contribution in [0, 0.1) is 12.8 Å². The van der Waals surface area contributed by atoms with Gasteiger partial charge in [0.15, 0.2) is 0 Å². The van der Waals surface area contributed by atoms with Crippen LogP contribution in [-0.2, 0) is 4.79 Å². The molecule has 4 heteroatoms. The fourth-order valence-electron chi connectivity index (χ4n) is 1.57. The predicted molar refractivity (Wildman–Crippen MR) is 74.9 cm³/mol. The highest BCUT2D eigenvalue weighted by molar-refractivity contribution is 9.10. The van der Waals surface area contributed by atoms with Gasteiger partial charge >= 0.3 is 0 Å². The van der Waals surface area contributed by atoms with Crippen molar-refractivity contribution in [2.24, 2.45) is 11.7 Å². The molecule has 1 atom stereocenters. The van der Waals surface area contributed by atoms with E-state index in [4.69, 9.17) is 5.73 Å². The van der Waals surface area contributed by atoms with Crippen molar-refractivity contribution in [1.82, 2.24) is 0 Å². The van der Waals surface area contributed by atoms with Crippen LogP contribution in [0.1, 0.15) is 25.8 Å². The Labute approximate surface area is 111 Å². The highest BCUT2D eigenvalue weighted by atomic mass is 79.9. The molecule has 0 aliphatic rings. The molecule has 3 N–H and O–H groups in total. The van der Waals surface area contributed by atoms with Gasteiger partial charge in [-0.2, -0.15) is 0 Å². The molecule has 1 amide bonds. The lowest BCUT2D eigenvalue weighted by Crippen LogP contribution is -2.36. The van der Waals surface area contributed by atoms with Crippen molar-refractivity contribution in [3.63, 3.8) is 0 Å². The zero-order chi connectivity index (χ0) is 13.0. The average molecular weight is 299 g/mol. The summed E-state index contributed by atoms with van der Waals surface area (Å²) in [5, 5.41) is 2.86. The third-order valence-electron chi connectivity index (χ3n) is 2.52. The lowest BCUT2D eigenvalue weighted by molar-refractivity contribution is -0.117. The number of nitrogens with two attached hydrogens (primary N) is 1. The van der Waals surface area contributed by atoms with Gasteiger partial charge in [0.05, 0.1) is 6.04 Å². The Bertz CT molecular complexity index is 404. The van der Waals surface area contributed by atoms with Gasteiger partial charge in [0.1, 0.15) is 0 Å². The van der Waals surface area contributed by atoms with E-state index in [0.29, 0.717) is 12.3 Å². The van der Waals surface area contributed by atoms with E-state index in [9.17, 15) is 4.79 Å². The number of carbonyl (C=O) groups is 1. The van der Waals surface area contributed by atoms with Crippen molar-refractivity contribution in [1.29, 1.82) is 0 Å². The smallest absolute Gasteiger partial charge is 0.241 e. The summed E-state index contributed by atoms with van der Waals surface area (Å²) in [6.07, 6.45) is 0.693. The van der Waals surface area contributed by atoms with Crippen LogP contribution in [0.15, 0.2) is 22.7 Å². The second-order valence-corrected chi connectivity index (χ2v) is 5.60. The molecule has 0 aliphatic heterocycles. The van der Waals surface area contributed by atoms with Crippen molar-refractivity contribution >= 4 is 27.5 Å². The van der Waals surface area contributed by atoms with Crippen LogP contribution in [0.4, 0.5) is 5.69 Å². The fraction of sp³-hybridized carbons (Fsp3) is 0.462. The SMILES string of the molecule is Cc1ccc(Br)cc1NC(=O)[C@@H](N)CC(C)C. The van der Waals surface area contributed by atoms with E-state index in [1.54, 1.807) is 0 Å². The molecule has 0 saturated carbocycles. The van der Waals surface area contributed by atoms with Crippen LogP contribution in [0.25, 0.3) is 0 Å². The van der Waals surface area contributed by atoms with E-state index >= 15 is 0 Å². The fourth-order valence-corrected chi connectivity index (χ4v) is 1.93. The van der Waals surface area contributed by atoms with E-state index in [1.807, 2.05) is 25.1 Å². The van der Waals surface area contributed by atoms with Crippen molar-refractivity contribution in [3.8, 4) is 0 Å². The normalized spacial score (nSPS) is 12.6. The summed E-state index contributed by atoms with van der Waals surface area (Å²) < 4.78 is 0.941. The first-order valence-electron chi connectivity index (χ1n) is 5.72. The van der Waals surface area contributed by atoms with E-state index in [-0.39, 0.29) is 5.91 Å². The molecule has 3 nitrogen and oxygen atoms in total. The summed E-state index contributed by atoms with van der Waals surface area (Å²) in [5.41, 5.74) is 7.67. The van der Waals surface area contributed by atoms with Gasteiger partial charge in [0.25, 0.3) is 0 Å². The molecule has 0 spiro atoms. The van der Waals surface area contributed by atoms with Crippen molar-refractivity contribution < 1.29 is 4.79 Å². The minimum absolute atomic E-state index is 0.125. The molecule has 1 rings (SSSR count). The Balaban J connectivity index is 2.70. The minimum Gasteiger partial charge on any atom is -0.324 e. The van der Waals surface area contributed by atoms with E-state index in [2.05, 4.69) is 35.1 Å². The quantitative estimate of drug-likeness (QED) is 0.897. The van der Waals surface area contributed by atoms with Gasteiger partial charge in [-0.25, -0.2) is 0 Å². The standard InChI is InChI=1S/C13H19BrN2O/c1-8(2)6-11(15)13(17)16-12-7-10(14)5-4-9(12)3/h4-5,7-8,11H,6,15H2,1-3H3,(H,16,17)/t11-/m0/s1. The number of aryl methyl sites for hydroxylation is 1. The first kappa shape index (κ1) is 14.2. The number of carbonyl (C=O) groups excluding carboxylic acids is 1. The highest BCUT2D eigenvalue weighted by Gasteiger charge is 2.15. The number of halogens is 1. The molecule has 0 bridgehead atoms. The van der Waals surface area contributed by atoms with E-state index in [0.717, 1.165) is 15.7 Å². The second-order valence-electron chi connectivity index (χ2n) is 4.68. The van der Waals surface area contributed by atoms with Gasteiger partial charge in [-0.05, 0) is 37.0 Å². The predicted octanol–water partition coefficient (Wildman–Crippen LogP) is 3.07. The maximum absolute atomic E-state index is 11.9. The van der Waals surface area contributed by atoms with Crippen LogP contribution in [-0.4, -0.2) is 11.9 Å². The molecule has 1 aromatic carbocycles. The molecular formula is C13H19BrN2O. The summed E-state index contributed by atoms with van der Waals surface area (Å²) in [4.78, 5) is 11.9. The molecule has 0 unspecified atom stereocenters. The number of nitrogens with one attached hydrogen (secondary N) is 1. The van der Waals surface area contributed by atoms with Gasteiger partial charge in [0, 0.05) is 10.2 Å². The Hall–Kier alpha value is -0.870. The number of benzene rings is 1. The van der Waals surface area contributed by atoms with Crippen LogP contribution in [0.3, 0.4) is 0 Å². The molecule has 0 fully saturated rings. The van der Waals surface area contributed by atoms with Gasteiger partial charge in [0.2, 0.25) is 5.91 Å². The molecule has 94 valence electrons. The molecule has 1 aromatic rings. The number of hydrogen-bond donors (Lipinski definition) is 2. The maximum atomic E-state index is 11.9. The summed E-state index contributed by atoms with van der Waals surface area (Å²) in [6.45, 7) is 6.06. The van der Waals surface area contributed by atoms with Gasteiger partial charge in [-0.1, -0.05) is 35.8 Å². The molecule has 0 aliphatic carbocycles. The lowest BCUT2D eigenvalue weighted by Gasteiger charge is -2.15. The van der Waals surface area contributed by atoms with Gasteiger partial charge in [-0.3, -0.25) is 4.79 Å².